The van der Waals surface area contributed by atoms with E-state index < -0.39 is 0 Å². The Bertz CT molecular complexity index is 398. The standard InChI is InChI=1S/C10H11N3O/c1-8-6-9(2-4-11-8)12-7-10-3-5-13-14-10/h2-6H,7H2,1H3,(H,11,12). The quantitative estimate of drug-likeness (QED) is 0.802. The zero-order valence-electron chi connectivity index (χ0n) is 7.90. The second kappa shape index (κ2) is 3.91. The number of aryl methyl sites for hydroxylation is 1. The Morgan fingerprint density at radius 1 is 1.36 bits per heavy atom. The summed E-state index contributed by atoms with van der Waals surface area (Å²) in [5.74, 6) is 0.819. The predicted molar refractivity (Wildman–Crippen MR) is 52.8 cm³/mol. The maximum absolute atomic E-state index is 4.96. The second-order valence-electron chi connectivity index (χ2n) is 3.02. The third-order valence-electron chi connectivity index (χ3n) is 1.85. The van der Waals surface area contributed by atoms with Crippen molar-refractivity contribution in [2.24, 2.45) is 0 Å². The van der Waals surface area contributed by atoms with Gasteiger partial charge in [0, 0.05) is 23.6 Å². The molecule has 2 aromatic rings. The Kier molecular flexibility index (Phi) is 2.44. The number of hydrogen-bond acceptors (Lipinski definition) is 4. The molecule has 0 saturated heterocycles. The largest absolute Gasteiger partial charge is 0.378 e. The molecule has 0 atom stereocenters. The smallest absolute Gasteiger partial charge is 0.155 e. The van der Waals surface area contributed by atoms with E-state index in [2.05, 4.69) is 15.5 Å². The molecule has 0 radical (unpaired) electrons. The van der Waals surface area contributed by atoms with Crippen molar-refractivity contribution in [2.45, 2.75) is 13.5 Å². The molecule has 0 bridgehead atoms. The maximum atomic E-state index is 4.96. The Labute approximate surface area is 82.0 Å². The summed E-state index contributed by atoms with van der Waals surface area (Å²) in [4.78, 5) is 4.11. The van der Waals surface area contributed by atoms with Gasteiger partial charge in [-0.1, -0.05) is 5.16 Å². The zero-order chi connectivity index (χ0) is 9.80. The topological polar surface area (TPSA) is 51.0 Å². The van der Waals surface area contributed by atoms with Gasteiger partial charge < -0.3 is 9.84 Å². The van der Waals surface area contributed by atoms with Crippen LogP contribution in [-0.2, 0) is 6.54 Å². The number of anilines is 1. The lowest BCUT2D eigenvalue weighted by Crippen LogP contribution is -1.98. The van der Waals surface area contributed by atoms with Gasteiger partial charge in [0.25, 0.3) is 0 Å². The number of rotatable bonds is 3. The molecular formula is C10H11N3O. The number of nitrogens with one attached hydrogen (secondary N) is 1. The van der Waals surface area contributed by atoms with Crippen molar-refractivity contribution in [1.29, 1.82) is 0 Å². The third-order valence-corrected chi connectivity index (χ3v) is 1.85. The first-order chi connectivity index (χ1) is 6.84. The molecule has 0 saturated carbocycles. The lowest BCUT2D eigenvalue weighted by Gasteiger charge is -2.03. The van der Waals surface area contributed by atoms with Gasteiger partial charge in [-0.2, -0.15) is 0 Å². The van der Waals surface area contributed by atoms with Crippen LogP contribution in [0.1, 0.15) is 11.5 Å². The number of hydrogen-bond donors (Lipinski definition) is 1. The summed E-state index contributed by atoms with van der Waals surface area (Å²) < 4.78 is 4.96. The van der Waals surface area contributed by atoms with E-state index >= 15 is 0 Å². The third kappa shape index (κ3) is 2.10. The molecule has 0 spiro atoms. The normalized spacial score (nSPS) is 10.1. The predicted octanol–water partition coefficient (Wildman–Crippen LogP) is 1.99. The average Bonchev–Trinajstić information content (AvgIpc) is 2.67. The highest BCUT2D eigenvalue weighted by molar-refractivity contribution is 5.42. The maximum Gasteiger partial charge on any atom is 0.155 e. The number of pyridine rings is 1. The molecule has 4 heteroatoms. The molecule has 0 aliphatic heterocycles. The van der Waals surface area contributed by atoms with Gasteiger partial charge in [0.05, 0.1) is 12.7 Å². The van der Waals surface area contributed by atoms with E-state index in [-0.39, 0.29) is 0 Å². The van der Waals surface area contributed by atoms with Crippen LogP contribution in [-0.4, -0.2) is 10.1 Å². The summed E-state index contributed by atoms with van der Waals surface area (Å²) in [6.07, 6.45) is 3.41. The monoisotopic (exact) mass is 189 g/mol. The van der Waals surface area contributed by atoms with Crippen molar-refractivity contribution in [1.82, 2.24) is 10.1 Å². The fourth-order valence-corrected chi connectivity index (χ4v) is 1.18. The van der Waals surface area contributed by atoms with Crippen molar-refractivity contribution in [3.8, 4) is 0 Å². The van der Waals surface area contributed by atoms with Gasteiger partial charge in [-0.25, -0.2) is 0 Å². The molecule has 1 N–H and O–H groups in total. The molecule has 14 heavy (non-hydrogen) atoms. The second-order valence-corrected chi connectivity index (χ2v) is 3.02. The van der Waals surface area contributed by atoms with Crippen LogP contribution in [0.3, 0.4) is 0 Å². The highest BCUT2D eigenvalue weighted by atomic mass is 16.5. The van der Waals surface area contributed by atoms with Crippen LogP contribution in [0.25, 0.3) is 0 Å². The van der Waals surface area contributed by atoms with Crippen LogP contribution in [0.5, 0.6) is 0 Å². The van der Waals surface area contributed by atoms with Gasteiger partial charge in [-0.05, 0) is 19.1 Å². The van der Waals surface area contributed by atoms with Crippen molar-refractivity contribution < 1.29 is 4.52 Å². The summed E-state index contributed by atoms with van der Waals surface area (Å²) in [5.41, 5.74) is 2.03. The molecule has 0 fully saturated rings. The molecule has 2 aromatic heterocycles. The van der Waals surface area contributed by atoms with E-state index in [0.29, 0.717) is 6.54 Å². The average molecular weight is 189 g/mol. The molecule has 0 amide bonds. The van der Waals surface area contributed by atoms with Gasteiger partial charge in [0.2, 0.25) is 0 Å². The van der Waals surface area contributed by atoms with Gasteiger partial charge in [0.15, 0.2) is 5.76 Å². The van der Waals surface area contributed by atoms with Crippen LogP contribution < -0.4 is 5.32 Å². The summed E-state index contributed by atoms with van der Waals surface area (Å²) in [7, 11) is 0. The highest BCUT2D eigenvalue weighted by Gasteiger charge is 1.97. The number of aromatic nitrogens is 2. The first-order valence-electron chi connectivity index (χ1n) is 4.41. The Morgan fingerprint density at radius 3 is 3.00 bits per heavy atom. The van der Waals surface area contributed by atoms with Crippen LogP contribution in [0, 0.1) is 6.92 Å². The molecule has 4 nitrogen and oxygen atoms in total. The first-order valence-corrected chi connectivity index (χ1v) is 4.41. The van der Waals surface area contributed by atoms with E-state index in [0.717, 1.165) is 17.1 Å². The van der Waals surface area contributed by atoms with Gasteiger partial charge in [-0.3, -0.25) is 4.98 Å². The fraction of sp³-hybridized carbons (Fsp3) is 0.200. The minimum Gasteiger partial charge on any atom is -0.378 e. The Balaban J connectivity index is 1.98. The van der Waals surface area contributed by atoms with E-state index in [4.69, 9.17) is 4.52 Å². The SMILES string of the molecule is Cc1cc(NCc2ccno2)ccn1. The molecule has 0 unspecified atom stereocenters. The lowest BCUT2D eigenvalue weighted by atomic mass is 10.3. The van der Waals surface area contributed by atoms with Crippen molar-refractivity contribution in [3.63, 3.8) is 0 Å². The van der Waals surface area contributed by atoms with Crippen LogP contribution >= 0.6 is 0 Å². The van der Waals surface area contributed by atoms with Crippen LogP contribution in [0.15, 0.2) is 35.1 Å². The molecule has 72 valence electrons. The number of nitrogens with zero attached hydrogens (tertiary/aromatic N) is 2. The van der Waals surface area contributed by atoms with Crippen LogP contribution in [0.2, 0.25) is 0 Å². The van der Waals surface area contributed by atoms with Gasteiger partial charge >= 0.3 is 0 Å². The zero-order valence-corrected chi connectivity index (χ0v) is 7.90. The molecule has 2 heterocycles. The van der Waals surface area contributed by atoms with E-state index in [9.17, 15) is 0 Å². The van der Waals surface area contributed by atoms with Gasteiger partial charge in [-0.15, -0.1) is 0 Å². The Hall–Kier alpha value is -1.84. The van der Waals surface area contributed by atoms with Crippen molar-refractivity contribution >= 4 is 5.69 Å². The Morgan fingerprint density at radius 2 is 2.29 bits per heavy atom. The lowest BCUT2D eigenvalue weighted by molar-refractivity contribution is 0.388. The molecule has 2 rings (SSSR count). The van der Waals surface area contributed by atoms with E-state index in [1.165, 1.54) is 0 Å². The van der Waals surface area contributed by atoms with Crippen LogP contribution in [0.4, 0.5) is 5.69 Å². The summed E-state index contributed by atoms with van der Waals surface area (Å²) in [6, 6.07) is 5.74. The van der Waals surface area contributed by atoms with Crippen molar-refractivity contribution in [3.05, 3.63) is 42.0 Å². The summed E-state index contributed by atoms with van der Waals surface area (Å²) >= 11 is 0. The van der Waals surface area contributed by atoms with Gasteiger partial charge in [0.1, 0.15) is 0 Å². The van der Waals surface area contributed by atoms with E-state index in [1.807, 2.05) is 25.1 Å². The fourth-order valence-electron chi connectivity index (χ4n) is 1.18. The minimum atomic E-state index is 0.642. The molecular weight excluding hydrogens is 178 g/mol. The highest BCUT2D eigenvalue weighted by Crippen LogP contribution is 2.08. The first kappa shape index (κ1) is 8.74. The van der Waals surface area contributed by atoms with Crippen molar-refractivity contribution in [2.75, 3.05) is 5.32 Å². The molecule has 0 aromatic carbocycles. The summed E-state index contributed by atoms with van der Waals surface area (Å²) in [5, 5.41) is 6.84. The molecule has 0 aliphatic rings. The van der Waals surface area contributed by atoms with E-state index in [1.54, 1.807) is 12.4 Å². The summed E-state index contributed by atoms with van der Waals surface area (Å²) in [6.45, 7) is 2.60. The molecule has 0 aliphatic carbocycles. The minimum absolute atomic E-state index is 0.642.